The van der Waals surface area contributed by atoms with Crippen molar-refractivity contribution in [2.75, 3.05) is 4.90 Å². The average molecular weight is 273 g/mol. The second kappa shape index (κ2) is 5.37. The predicted molar refractivity (Wildman–Crippen MR) is 76.3 cm³/mol. The van der Waals surface area contributed by atoms with Crippen LogP contribution in [-0.2, 0) is 9.59 Å². The Morgan fingerprint density at radius 2 is 1.95 bits per heavy atom. The number of rotatable bonds is 3. The molecule has 1 aromatic rings. The van der Waals surface area contributed by atoms with Gasteiger partial charge in [-0.05, 0) is 50.3 Å². The van der Waals surface area contributed by atoms with Crippen LogP contribution in [0.2, 0.25) is 0 Å². The van der Waals surface area contributed by atoms with Crippen molar-refractivity contribution in [3.05, 3.63) is 29.8 Å². The monoisotopic (exact) mass is 273 g/mol. The highest BCUT2D eigenvalue weighted by Gasteiger charge is 2.43. The molecule has 2 aliphatic rings. The van der Waals surface area contributed by atoms with Crippen LogP contribution >= 0.6 is 0 Å². The van der Waals surface area contributed by atoms with Gasteiger partial charge < -0.3 is 5.32 Å². The van der Waals surface area contributed by atoms with Crippen molar-refractivity contribution in [2.45, 2.75) is 51.1 Å². The van der Waals surface area contributed by atoms with E-state index in [1.165, 1.54) is 30.6 Å². The number of hydrogen-bond acceptors (Lipinski definition) is 2. The van der Waals surface area contributed by atoms with Crippen LogP contribution in [0, 0.1) is 6.92 Å². The number of amides is 2. The van der Waals surface area contributed by atoms with Gasteiger partial charge in [-0.15, -0.1) is 0 Å². The molecule has 3 rings (SSSR count). The van der Waals surface area contributed by atoms with E-state index in [-0.39, 0.29) is 17.9 Å². The predicted octanol–water partition coefficient (Wildman–Crippen LogP) is 1.13. The molecule has 0 radical (unpaired) electrons. The second-order valence-electron chi connectivity index (χ2n) is 5.95. The fraction of sp³-hybridized carbons (Fsp3) is 0.500. The second-order valence-corrected chi connectivity index (χ2v) is 5.95. The van der Waals surface area contributed by atoms with E-state index in [4.69, 9.17) is 0 Å². The summed E-state index contributed by atoms with van der Waals surface area (Å²) in [4.78, 5) is 26.0. The molecule has 4 heteroatoms. The summed E-state index contributed by atoms with van der Waals surface area (Å²) in [6.45, 7) is 1.97. The van der Waals surface area contributed by atoms with E-state index in [0.717, 1.165) is 5.56 Å². The normalized spacial score (nSPS) is 23.9. The lowest BCUT2D eigenvalue weighted by Crippen LogP contribution is -2.95. The number of anilines is 1. The number of quaternary nitrogens is 1. The maximum Gasteiger partial charge on any atom is 0.292 e. The highest BCUT2D eigenvalue weighted by molar-refractivity contribution is 6.21. The lowest BCUT2D eigenvalue weighted by atomic mass is 10.2. The maximum atomic E-state index is 12.5. The zero-order valence-corrected chi connectivity index (χ0v) is 11.8. The van der Waals surface area contributed by atoms with Crippen LogP contribution in [0.1, 0.15) is 37.7 Å². The van der Waals surface area contributed by atoms with Gasteiger partial charge in [0, 0.05) is 0 Å². The Balaban J connectivity index is 1.76. The summed E-state index contributed by atoms with van der Waals surface area (Å²) in [6, 6.07) is 7.89. The number of nitrogens with two attached hydrogens (primary N) is 1. The summed E-state index contributed by atoms with van der Waals surface area (Å²) in [6.07, 6.45) is 5.17. The molecule has 0 unspecified atom stereocenters. The van der Waals surface area contributed by atoms with Gasteiger partial charge in [-0.2, -0.15) is 0 Å². The highest BCUT2D eigenvalue weighted by Crippen LogP contribution is 2.23. The van der Waals surface area contributed by atoms with Crippen molar-refractivity contribution in [3.63, 3.8) is 0 Å². The van der Waals surface area contributed by atoms with Gasteiger partial charge in [0.15, 0.2) is 6.04 Å². The van der Waals surface area contributed by atoms with Gasteiger partial charge >= 0.3 is 0 Å². The molecule has 1 saturated carbocycles. The third-order valence-corrected chi connectivity index (χ3v) is 4.35. The summed E-state index contributed by atoms with van der Waals surface area (Å²) in [7, 11) is 0. The summed E-state index contributed by atoms with van der Waals surface area (Å²) in [5, 5.41) is 2.13. The summed E-state index contributed by atoms with van der Waals surface area (Å²) in [5.74, 6) is -0.118. The van der Waals surface area contributed by atoms with Gasteiger partial charge in [0.05, 0.1) is 18.2 Å². The van der Waals surface area contributed by atoms with E-state index >= 15 is 0 Å². The van der Waals surface area contributed by atoms with Crippen LogP contribution in [0.15, 0.2) is 24.3 Å². The third kappa shape index (κ3) is 2.48. The van der Waals surface area contributed by atoms with Crippen molar-refractivity contribution in [2.24, 2.45) is 0 Å². The number of nitrogens with zero attached hydrogens (tertiary/aromatic N) is 1. The molecule has 1 aliphatic heterocycles. The van der Waals surface area contributed by atoms with Crippen LogP contribution in [0.4, 0.5) is 5.69 Å². The standard InChI is InChI=1S/C16H20N2O2/c1-11-5-4-8-13(9-11)18-15(19)10-14(16(18)20)17-12-6-2-3-7-12/h4-5,8-9,12,14,17H,2-3,6-7,10H2,1H3/p+1/t14-/m1/s1. The van der Waals surface area contributed by atoms with E-state index in [2.05, 4.69) is 5.32 Å². The van der Waals surface area contributed by atoms with Crippen molar-refractivity contribution in [1.82, 2.24) is 0 Å². The van der Waals surface area contributed by atoms with Gasteiger partial charge in [-0.25, -0.2) is 4.90 Å². The first-order valence-electron chi connectivity index (χ1n) is 7.43. The first-order chi connectivity index (χ1) is 9.65. The summed E-state index contributed by atoms with van der Waals surface area (Å²) < 4.78 is 0. The Labute approximate surface area is 119 Å². The molecular weight excluding hydrogens is 252 g/mol. The van der Waals surface area contributed by atoms with Crippen LogP contribution in [0.25, 0.3) is 0 Å². The minimum atomic E-state index is -0.217. The Hall–Kier alpha value is -1.68. The quantitative estimate of drug-likeness (QED) is 0.839. The Kier molecular flexibility index (Phi) is 3.57. The van der Waals surface area contributed by atoms with Gasteiger partial charge in [0.25, 0.3) is 5.91 Å². The molecule has 1 saturated heterocycles. The highest BCUT2D eigenvalue weighted by atomic mass is 16.2. The molecule has 20 heavy (non-hydrogen) atoms. The lowest BCUT2D eigenvalue weighted by molar-refractivity contribution is -0.706. The minimum Gasteiger partial charge on any atom is -0.333 e. The number of carbonyl (C=O) groups excluding carboxylic acids is 2. The SMILES string of the molecule is Cc1cccc(N2C(=O)C[C@@H]([NH2+]C3CCCC3)C2=O)c1. The summed E-state index contributed by atoms with van der Waals surface area (Å²) in [5.41, 5.74) is 1.77. The molecule has 0 aromatic heterocycles. The van der Waals surface area contributed by atoms with E-state index in [1.807, 2.05) is 31.2 Å². The molecule has 2 fully saturated rings. The maximum absolute atomic E-state index is 12.5. The summed E-state index contributed by atoms with van der Waals surface area (Å²) >= 11 is 0. The van der Waals surface area contributed by atoms with Crippen molar-refractivity contribution in [3.8, 4) is 0 Å². The Morgan fingerprint density at radius 1 is 1.20 bits per heavy atom. The first-order valence-corrected chi connectivity index (χ1v) is 7.43. The van der Waals surface area contributed by atoms with Crippen LogP contribution in [-0.4, -0.2) is 23.9 Å². The topological polar surface area (TPSA) is 54.0 Å². The molecule has 106 valence electrons. The van der Waals surface area contributed by atoms with Crippen molar-refractivity contribution < 1.29 is 14.9 Å². The van der Waals surface area contributed by atoms with E-state index in [9.17, 15) is 9.59 Å². The molecule has 1 aromatic carbocycles. The van der Waals surface area contributed by atoms with E-state index in [0.29, 0.717) is 18.2 Å². The number of imide groups is 1. The zero-order valence-electron chi connectivity index (χ0n) is 11.8. The Bertz CT molecular complexity index is 535. The number of benzene rings is 1. The number of carbonyl (C=O) groups is 2. The van der Waals surface area contributed by atoms with Gasteiger partial charge in [0.1, 0.15) is 0 Å². The van der Waals surface area contributed by atoms with Crippen LogP contribution < -0.4 is 10.2 Å². The molecule has 4 nitrogen and oxygen atoms in total. The van der Waals surface area contributed by atoms with Gasteiger partial charge in [0.2, 0.25) is 5.91 Å². The first kappa shape index (κ1) is 13.3. The molecule has 0 bridgehead atoms. The molecule has 1 heterocycles. The van der Waals surface area contributed by atoms with Gasteiger partial charge in [-0.1, -0.05) is 12.1 Å². The number of aryl methyl sites for hydroxylation is 1. The molecule has 2 N–H and O–H groups in total. The van der Waals surface area contributed by atoms with Crippen molar-refractivity contribution in [1.29, 1.82) is 0 Å². The average Bonchev–Trinajstić information content (AvgIpc) is 2.99. The lowest BCUT2D eigenvalue weighted by Gasteiger charge is -2.16. The Morgan fingerprint density at radius 3 is 2.65 bits per heavy atom. The fourth-order valence-electron chi connectivity index (χ4n) is 3.32. The van der Waals surface area contributed by atoms with Crippen LogP contribution in [0.3, 0.4) is 0 Å². The largest absolute Gasteiger partial charge is 0.333 e. The van der Waals surface area contributed by atoms with E-state index in [1.54, 1.807) is 0 Å². The van der Waals surface area contributed by atoms with Crippen molar-refractivity contribution >= 4 is 17.5 Å². The molecular formula is C16H21N2O2+. The van der Waals surface area contributed by atoms with Crippen LogP contribution in [0.5, 0.6) is 0 Å². The van der Waals surface area contributed by atoms with E-state index < -0.39 is 0 Å². The zero-order chi connectivity index (χ0) is 14.1. The minimum absolute atomic E-state index is 0.0486. The molecule has 0 spiro atoms. The van der Waals surface area contributed by atoms with Gasteiger partial charge in [-0.3, -0.25) is 9.59 Å². The fourth-order valence-corrected chi connectivity index (χ4v) is 3.32. The third-order valence-electron chi connectivity index (χ3n) is 4.35. The smallest absolute Gasteiger partial charge is 0.292 e. The molecule has 1 aliphatic carbocycles. The molecule has 1 atom stereocenters. The number of hydrogen-bond donors (Lipinski definition) is 1. The molecule has 2 amide bonds.